The fourth-order valence-corrected chi connectivity index (χ4v) is 1.41. The summed E-state index contributed by atoms with van der Waals surface area (Å²) in [6, 6.07) is 7.16. The Morgan fingerprint density at radius 3 is 2.65 bits per heavy atom. The highest BCUT2D eigenvalue weighted by atomic mass is 35.5. The van der Waals surface area contributed by atoms with Gasteiger partial charge in [-0.1, -0.05) is 23.7 Å². The lowest BCUT2D eigenvalue weighted by Gasteiger charge is -2.05. The van der Waals surface area contributed by atoms with E-state index in [1.807, 2.05) is 12.1 Å². The second kappa shape index (κ2) is 8.06. The molecule has 0 spiro atoms. The molecule has 0 atom stereocenters. The first kappa shape index (κ1) is 14.0. The minimum Gasteiger partial charge on any atom is -0.394 e. The molecule has 5 heteroatoms. The number of carbonyl (C=O) groups is 1. The SMILES string of the molecule is O=C(Cc1ccc(Cl)cc1)NCCOCCO. The van der Waals surface area contributed by atoms with Crippen molar-refractivity contribution in [3.63, 3.8) is 0 Å². The predicted octanol–water partition coefficient (Wildman–Crippen LogP) is 1.01. The lowest BCUT2D eigenvalue weighted by Crippen LogP contribution is -2.28. The fourth-order valence-electron chi connectivity index (χ4n) is 1.28. The highest BCUT2D eigenvalue weighted by molar-refractivity contribution is 6.30. The zero-order valence-corrected chi connectivity index (χ0v) is 10.2. The van der Waals surface area contributed by atoms with Crippen LogP contribution in [0.4, 0.5) is 0 Å². The maximum Gasteiger partial charge on any atom is 0.224 e. The van der Waals surface area contributed by atoms with Crippen LogP contribution in [0.3, 0.4) is 0 Å². The normalized spacial score (nSPS) is 10.2. The van der Waals surface area contributed by atoms with Crippen LogP contribution in [0.1, 0.15) is 5.56 Å². The van der Waals surface area contributed by atoms with Crippen LogP contribution in [0.5, 0.6) is 0 Å². The molecule has 1 aromatic carbocycles. The summed E-state index contributed by atoms with van der Waals surface area (Å²) in [5.41, 5.74) is 0.920. The average Bonchev–Trinajstić information content (AvgIpc) is 2.32. The van der Waals surface area contributed by atoms with Crippen LogP contribution >= 0.6 is 11.6 Å². The number of amides is 1. The molecule has 0 aliphatic rings. The smallest absolute Gasteiger partial charge is 0.224 e. The number of benzene rings is 1. The summed E-state index contributed by atoms with van der Waals surface area (Å²) in [5, 5.41) is 11.9. The van der Waals surface area contributed by atoms with E-state index < -0.39 is 0 Å². The van der Waals surface area contributed by atoms with E-state index in [0.717, 1.165) is 5.56 Å². The van der Waals surface area contributed by atoms with Crippen molar-refractivity contribution < 1.29 is 14.6 Å². The number of carbonyl (C=O) groups excluding carboxylic acids is 1. The summed E-state index contributed by atoms with van der Waals surface area (Å²) in [5.74, 6) is -0.0556. The summed E-state index contributed by atoms with van der Waals surface area (Å²) in [4.78, 5) is 11.5. The Kier molecular flexibility index (Phi) is 6.62. The van der Waals surface area contributed by atoms with Gasteiger partial charge in [-0.25, -0.2) is 0 Å². The molecule has 0 unspecified atom stereocenters. The zero-order chi connectivity index (χ0) is 12.5. The fraction of sp³-hybridized carbons (Fsp3) is 0.417. The predicted molar refractivity (Wildman–Crippen MR) is 66.1 cm³/mol. The van der Waals surface area contributed by atoms with Gasteiger partial charge < -0.3 is 15.2 Å². The van der Waals surface area contributed by atoms with Crippen molar-refractivity contribution in [3.05, 3.63) is 34.9 Å². The van der Waals surface area contributed by atoms with E-state index in [9.17, 15) is 4.79 Å². The van der Waals surface area contributed by atoms with Gasteiger partial charge in [0.25, 0.3) is 0 Å². The Morgan fingerprint density at radius 2 is 2.00 bits per heavy atom. The van der Waals surface area contributed by atoms with Crippen molar-refractivity contribution in [2.24, 2.45) is 0 Å². The number of hydrogen-bond donors (Lipinski definition) is 2. The lowest BCUT2D eigenvalue weighted by atomic mass is 10.1. The number of nitrogens with one attached hydrogen (secondary N) is 1. The van der Waals surface area contributed by atoms with E-state index in [2.05, 4.69) is 5.32 Å². The van der Waals surface area contributed by atoms with E-state index >= 15 is 0 Å². The molecule has 1 aromatic rings. The molecule has 0 fully saturated rings. The number of hydrogen-bond acceptors (Lipinski definition) is 3. The molecule has 94 valence electrons. The van der Waals surface area contributed by atoms with Crippen LogP contribution in [-0.4, -0.2) is 37.4 Å². The monoisotopic (exact) mass is 257 g/mol. The maximum absolute atomic E-state index is 11.5. The highest BCUT2D eigenvalue weighted by Gasteiger charge is 2.02. The van der Waals surface area contributed by atoms with E-state index in [1.165, 1.54) is 0 Å². The standard InChI is InChI=1S/C12H16ClNO3/c13-11-3-1-10(2-4-11)9-12(16)14-5-7-17-8-6-15/h1-4,15H,5-9H2,(H,14,16). The van der Waals surface area contributed by atoms with Gasteiger partial charge >= 0.3 is 0 Å². The second-order valence-corrected chi connectivity index (χ2v) is 3.93. The summed E-state index contributed by atoms with van der Waals surface area (Å²) < 4.78 is 5.02. The van der Waals surface area contributed by atoms with E-state index in [4.69, 9.17) is 21.4 Å². The Balaban J connectivity index is 2.18. The van der Waals surface area contributed by atoms with Gasteiger partial charge in [0.2, 0.25) is 5.91 Å². The largest absolute Gasteiger partial charge is 0.394 e. The minimum atomic E-state index is -0.0556. The molecule has 0 bridgehead atoms. The van der Waals surface area contributed by atoms with Crippen molar-refractivity contribution in [3.8, 4) is 0 Å². The minimum absolute atomic E-state index is 0.00127. The molecule has 0 aliphatic heterocycles. The molecule has 0 saturated heterocycles. The number of rotatable bonds is 7. The van der Waals surface area contributed by atoms with Gasteiger partial charge in [-0.2, -0.15) is 0 Å². The number of aliphatic hydroxyl groups is 1. The topological polar surface area (TPSA) is 58.6 Å². The molecule has 0 heterocycles. The second-order valence-electron chi connectivity index (χ2n) is 3.49. The number of aliphatic hydroxyl groups excluding tert-OH is 1. The van der Waals surface area contributed by atoms with Crippen molar-refractivity contribution in [1.29, 1.82) is 0 Å². The molecule has 0 radical (unpaired) electrons. The zero-order valence-electron chi connectivity index (χ0n) is 9.49. The average molecular weight is 258 g/mol. The van der Waals surface area contributed by atoms with Gasteiger partial charge in [-0.05, 0) is 17.7 Å². The molecular formula is C12H16ClNO3. The summed E-state index contributed by atoms with van der Waals surface area (Å²) >= 11 is 5.74. The van der Waals surface area contributed by atoms with E-state index in [-0.39, 0.29) is 12.5 Å². The molecule has 1 rings (SSSR count). The van der Waals surface area contributed by atoms with E-state index in [1.54, 1.807) is 12.1 Å². The molecule has 1 amide bonds. The first-order chi connectivity index (χ1) is 8.22. The highest BCUT2D eigenvalue weighted by Crippen LogP contribution is 2.09. The van der Waals surface area contributed by atoms with E-state index in [0.29, 0.717) is 31.2 Å². The van der Waals surface area contributed by atoms with Gasteiger partial charge in [0.15, 0.2) is 0 Å². The maximum atomic E-state index is 11.5. The quantitative estimate of drug-likeness (QED) is 0.717. The Bertz CT molecular complexity index is 340. The van der Waals surface area contributed by atoms with Gasteiger partial charge in [-0.15, -0.1) is 0 Å². The molecule has 2 N–H and O–H groups in total. The number of ether oxygens (including phenoxy) is 1. The van der Waals surface area contributed by atoms with Crippen molar-refractivity contribution in [1.82, 2.24) is 5.32 Å². The lowest BCUT2D eigenvalue weighted by molar-refractivity contribution is -0.120. The Hall–Kier alpha value is -1.10. The van der Waals surface area contributed by atoms with Crippen molar-refractivity contribution >= 4 is 17.5 Å². The van der Waals surface area contributed by atoms with Crippen LogP contribution < -0.4 is 5.32 Å². The van der Waals surface area contributed by atoms with Crippen LogP contribution in [0.25, 0.3) is 0 Å². The first-order valence-corrected chi connectivity index (χ1v) is 5.80. The summed E-state index contributed by atoms with van der Waals surface area (Å²) in [7, 11) is 0. The van der Waals surface area contributed by atoms with Gasteiger partial charge in [0.05, 0.1) is 26.2 Å². The molecule has 0 aromatic heterocycles. The van der Waals surface area contributed by atoms with Crippen molar-refractivity contribution in [2.45, 2.75) is 6.42 Å². The number of halogens is 1. The first-order valence-electron chi connectivity index (χ1n) is 5.42. The third kappa shape index (κ3) is 6.26. The third-order valence-electron chi connectivity index (χ3n) is 2.08. The summed E-state index contributed by atoms with van der Waals surface area (Å²) in [6.45, 7) is 1.16. The van der Waals surface area contributed by atoms with Crippen LogP contribution in [0.2, 0.25) is 5.02 Å². The van der Waals surface area contributed by atoms with Gasteiger partial charge in [-0.3, -0.25) is 4.79 Å². The molecule has 0 saturated carbocycles. The van der Waals surface area contributed by atoms with Crippen LogP contribution in [0.15, 0.2) is 24.3 Å². The van der Waals surface area contributed by atoms with Gasteiger partial charge in [0.1, 0.15) is 0 Å². The molecule has 0 aliphatic carbocycles. The summed E-state index contributed by atoms with van der Waals surface area (Å²) in [6.07, 6.45) is 0.331. The van der Waals surface area contributed by atoms with Crippen LogP contribution in [0, 0.1) is 0 Å². The Morgan fingerprint density at radius 1 is 1.29 bits per heavy atom. The van der Waals surface area contributed by atoms with Crippen LogP contribution in [-0.2, 0) is 16.0 Å². The van der Waals surface area contributed by atoms with Crippen molar-refractivity contribution in [2.75, 3.05) is 26.4 Å². The Labute approximate surface area is 106 Å². The molecule has 17 heavy (non-hydrogen) atoms. The molecular weight excluding hydrogens is 242 g/mol. The molecule has 4 nitrogen and oxygen atoms in total. The van der Waals surface area contributed by atoms with Gasteiger partial charge in [0, 0.05) is 11.6 Å². The third-order valence-corrected chi connectivity index (χ3v) is 2.33.